The van der Waals surface area contributed by atoms with E-state index in [1.165, 1.54) is 5.56 Å². The molecule has 2 aromatic carbocycles. The van der Waals surface area contributed by atoms with Gasteiger partial charge in [-0.15, -0.1) is 11.3 Å². The van der Waals surface area contributed by atoms with E-state index in [9.17, 15) is 4.79 Å². The van der Waals surface area contributed by atoms with Gasteiger partial charge in [0.05, 0.1) is 16.1 Å². The predicted octanol–water partition coefficient (Wildman–Crippen LogP) is 5.69. The van der Waals surface area contributed by atoms with Crippen LogP contribution in [-0.2, 0) is 6.42 Å². The van der Waals surface area contributed by atoms with Gasteiger partial charge in [0.15, 0.2) is 0 Å². The highest BCUT2D eigenvalue weighted by atomic mass is 32.1. The van der Waals surface area contributed by atoms with Crippen molar-refractivity contribution in [3.8, 4) is 21.7 Å². The Morgan fingerprint density at radius 3 is 2.29 bits per heavy atom. The summed E-state index contributed by atoms with van der Waals surface area (Å²) in [4.78, 5) is 22.2. The minimum absolute atomic E-state index is 0.133. The summed E-state index contributed by atoms with van der Waals surface area (Å²) < 4.78 is 0. The second-order valence-corrected chi connectivity index (χ2v) is 7.27. The Balaban J connectivity index is 1.44. The number of thiazole rings is 1. The summed E-state index contributed by atoms with van der Waals surface area (Å²) in [5, 5.41) is 2.94. The van der Waals surface area contributed by atoms with E-state index in [1.807, 2.05) is 72.5 Å². The van der Waals surface area contributed by atoms with E-state index >= 15 is 0 Å². The number of benzene rings is 2. The van der Waals surface area contributed by atoms with Crippen LogP contribution in [0.15, 0.2) is 78.6 Å². The number of anilines is 1. The highest BCUT2D eigenvalue weighted by molar-refractivity contribution is 7.13. The summed E-state index contributed by atoms with van der Waals surface area (Å²) in [5.74, 6) is -0.133. The molecule has 4 aromatic rings. The summed E-state index contributed by atoms with van der Waals surface area (Å²) in [7, 11) is 0. The molecule has 0 aliphatic carbocycles. The number of carbonyl (C=O) groups is 1. The zero-order chi connectivity index (χ0) is 19.3. The van der Waals surface area contributed by atoms with Crippen LogP contribution in [0.4, 0.5) is 5.69 Å². The van der Waals surface area contributed by atoms with Gasteiger partial charge in [-0.05, 0) is 47.9 Å². The second kappa shape index (κ2) is 8.15. The van der Waals surface area contributed by atoms with E-state index in [-0.39, 0.29) is 5.91 Å². The van der Waals surface area contributed by atoms with Gasteiger partial charge in [-0.25, -0.2) is 0 Å². The first-order chi connectivity index (χ1) is 13.7. The van der Waals surface area contributed by atoms with Gasteiger partial charge in [0.25, 0.3) is 5.91 Å². The van der Waals surface area contributed by atoms with Crippen LogP contribution in [0.25, 0.3) is 21.7 Å². The van der Waals surface area contributed by atoms with Crippen molar-refractivity contribution < 1.29 is 4.79 Å². The number of nitrogens with zero attached hydrogens (tertiary/aromatic N) is 2. The van der Waals surface area contributed by atoms with Crippen LogP contribution < -0.4 is 5.32 Å². The lowest BCUT2D eigenvalue weighted by atomic mass is 10.1. The normalized spacial score (nSPS) is 10.6. The molecule has 2 aromatic heterocycles. The molecule has 1 N–H and O–H groups in total. The van der Waals surface area contributed by atoms with Crippen LogP contribution in [-0.4, -0.2) is 15.9 Å². The minimum Gasteiger partial charge on any atom is -0.322 e. The molecule has 2 heterocycles. The number of hydrogen-bond acceptors (Lipinski definition) is 4. The molecule has 4 nitrogen and oxygen atoms in total. The molecule has 0 atom stereocenters. The van der Waals surface area contributed by atoms with Gasteiger partial charge in [-0.3, -0.25) is 14.8 Å². The fourth-order valence-electron chi connectivity index (χ4n) is 2.88. The van der Waals surface area contributed by atoms with Crippen LogP contribution in [0.3, 0.4) is 0 Å². The Morgan fingerprint density at radius 2 is 1.68 bits per heavy atom. The maximum Gasteiger partial charge on any atom is 0.255 e. The summed E-state index contributed by atoms with van der Waals surface area (Å²) in [5.41, 5.74) is 7.38. The standard InChI is InChI=1S/C23H19N3OS/c1-2-16-3-12-21(25-13-16)17-4-6-19(7-5-17)23(27)26-20-10-8-18(9-11-20)22-14-24-15-28-22/h3-15H,2H2,1H3,(H,26,27). The number of aromatic nitrogens is 2. The number of nitrogens with one attached hydrogen (secondary N) is 1. The third-order valence-electron chi connectivity index (χ3n) is 4.54. The Morgan fingerprint density at radius 1 is 0.929 bits per heavy atom. The summed E-state index contributed by atoms with van der Waals surface area (Å²) in [6, 6.07) is 19.4. The molecular weight excluding hydrogens is 366 g/mol. The average Bonchev–Trinajstić information content (AvgIpc) is 3.29. The fourth-order valence-corrected chi connectivity index (χ4v) is 3.51. The third-order valence-corrected chi connectivity index (χ3v) is 5.36. The van der Waals surface area contributed by atoms with Crippen molar-refractivity contribution in [1.82, 2.24) is 9.97 Å². The average molecular weight is 385 g/mol. The maximum absolute atomic E-state index is 12.5. The van der Waals surface area contributed by atoms with Gasteiger partial charge >= 0.3 is 0 Å². The zero-order valence-corrected chi connectivity index (χ0v) is 16.2. The van der Waals surface area contributed by atoms with E-state index in [4.69, 9.17) is 0 Å². The largest absolute Gasteiger partial charge is 0.322 e. The lowest BCUT2D eigenvalue weighted by Crippen LogP contribution is -2.11. The van der Waals surface area contributed by atoms with Crippen molar-refractivity contribution in [2.75, 3.05) is 5.32 Å². The molecule has 1 amide bonds. The topological polar surface area (TPSA) is 54.9 Å². The third kappa shape index (κ3) is 4.00. The van der Waals surface area contributed by atoms with Crippen molar-refractivity contribution in [1.29, 1.82) is 0 Å². The molecule has 0 bridgehead atoms. The highest BCUT2D eigenvalue weighted by Crippen LogP contribution is 2.25. The number of aryl methyl sites for hydroxylation is 1. The van der Waals surface area contributed by atoms with E-state index in [2.05, 4.69) is 28.3 Å². The monoisotopic (exact) mass is 385 g/mol. The van der Waals surface area contributed by atoms with Crippen LogP contribution in [0.1, 0.15) is 22.8 Å². The molecule has 0 spiro atoms. The Labute approximate surface area is 167 Å². The molecule has 138 valence electrons. The summed E-state index contributed by atoms with van der Waals surface area (Å²) in [6.07, 6.45) is 4.70. The summed E-state index contributed by atoms with van der Waals surface area (Å²) >= 11 is 1.59. The number of rotatable bonds is 5. The SMILES string of the molecule is CCc1ccc(-c2ccc(C(=O)Nc3ccc(-c4cncs4)cc3)cc2)nc1. The first-order valence-electron chi connectivity index (χ1n) is 9.08. The van der Waals surface area contributed by atoms with Crippen LogP contribution in [0.5, 0.6) is 0 Å². The minimum atomic E-state index is -0.133. The van der Waals surface area contributed by atoms with Crippen molar-refractivity contribution in [2.24, 2.45) is 0 Å². The molecule has 5 heteroatoms. The zero-order valence-electron chi connectivity index (χ0n) is 15.4. The first kappa shape index (κ1) is 18.1. The molecule has 0 aliphatic rings. The molecule has 0 radical (unpaired) electrons. The Kier molecular flexibility index (Phi) is 5.26. The quantitative estimate of drug-likeness (QED) is 0.480. The van der Waals surface area contributed by atoms with Crippen molar-refractivity contribution in [3.63, 3.8) is 0 Å². The van der Waals surface area contributed by atoms with Gasteiger partial charge in [0, 0.05) is 29.2 Å². The molecule has 0 aliphatic heterocycles. The molecule has 0 unspecified atom stereocenters. The smallest absolute Gasteiger partial charge is 0.255 e. The van der Waals surface area contributed by atoms with Gasteiger partial charge in [-0.1, -0.05) is 37.3 Å². The lowest BCUT2D eigenvalue weighted by molar-refractivity contribution is 0.102. The van der Waals surface area contributed by atoms with Crippen LogP contribution in [0, 0.1) is 0 Å². The fraction of sp³-hybridized carbons (Fsp3) is 0.0870. The van der Waals surface area contributed by atoms with Crippen LogP contribution in [0.2, 0.25) is 0 Å². The number of amides is 1. The van der Waals surface area contributed by atoms with Crippen molar-refractivity contribution in [3.05, 3.63) is 89.7 Å². The first-order valence-corrected chi connectivity index (χ1v) is 9.96. The Hall–Kier alpha value is -3.31. The Bertz CT molecular complexity index is 1050. The van der Waals surface area contributed by atoms with Crippen molar-refractivity contribution in [2.45, 2.75) is 13.3 Å². The lowest BCUT2D eigenvalue weighted by Gasteiger charge is -2.07. The molecule has 28 heavy (non-hydrogen) atoms. The highest BCUT2D eigenvalue weighted by Gasteiger charge is 2.08. The molecule has 0 fully saturated rings. The molecule has 0 saturated heterocycles. The molecule has 4 rings (SSSR count). The van der Waals surface area contributed by atoms with E-state index in [1.54, 1.807) is 11.3 Å². The number of pyridine rings is 1. The molecular formula is C23H19N3OS. The molecule has 0 saturated carbocycles. The van der Waals surface area contributed by atoms with E-state index in [0.29, 0.717) is 5.56 Å². The van der Waals surface area contributed by atoms with Gasteiger partial charge in [0.1, 0.15) is 0 Å². The van der Waals surface area contributed by atoms with Gasteiger partial charge < -0.3 is 5.32 Å². The van der Waals surface area contributed by atoms with Crippen molar-refractivity contribution >= 4 is 22.9 Å². The number of hydrogen-bond donors (Lipinski definition) is 1. The van der Waals surface area contributed by atoms with E-state index in [0.717, 1.165) is 33.8 Å². The summed E-state index contributed by atoms with van der Waals surface area (Å²) in [6.45, 7) is 2.11. The second-order valence-electron chi connectivity index (χ2n) is 6.38. The van der Waals surface area contributed by atoms with Gasteiger partial charge in [-0.2, -0.15) is 0 Å². The van der Waals surface area contributed by atoms with E-state index < -0.39 is 0 Å². The van der Waals surface area contributed by atoms with Crippen LogP contribution >= 0.6 is 11.3 Å². The predicted molar refractivity (Wildman–Crippen MR) is 115 cm³/mol. The number of carbonyl (C=O) groups excluding carboxylic acids is 1. The maximum atomic E-state index is 12.5. The van der Waals surface area contributed by atoms with Gasteiger partial charge in [0.2, 0.25) is 0 Å².